The Hall–Kier alpha value is -1.05. The monoisotopic (exact) mass is 285 g/mol. The van der Waals surface area contributed by atoms with E-state index in [0.29, 0.717) is 12.8 Å². The van der Waals surface area contributed by atoms with Crippen LogP contribution in [0.15, 0.2) is 23.4 Å². The molecular formula is C12H16FN3O2S. The molecule has 2 aliphatic rings. The van der Waals surface area contributed by atoms with Crippen molar-refractivity contribution in [2.45, 2.75) is 48.8 Å². The number of sulfonamides is 1. The minimum Gasteiger partial charge on any atom is -0.328 e. The molecule has 1 aromatic heterocycles. The van der Waals surface area contributed by atoms with Crippen molar-refractivity contribution in [3.8, 4) is 0 Å². The van der Waals surface area contributed by atoms with E-state index in [1.165, 1.54) is 16.6 Å². The van der Waals surface area contributed by atoms with Crippen molar-refractivity contribution in [3.05, 3.63) is 24.1 Å². The van der Waals surface area contributed by atoms with Crippen LogP contribution in [0.1, 0.15) is 25.7 Å². The molecule has 7 heteroatoms. The molecule has 2 atom stereocenters. The fourth-order valence-electron chi connectivity index (χ4n) is 3.23. The molecule has 5 nitrogen and oxygen atoms in total. The number of hydrogen-bond acceptors (Lipinski definition) is 4. The first kappa shape index (κ1) is 13.0. The van der Waals surface area contributed by atoms with Gasteiger partial charge in [-0.2, -0.15) is 4.31 Å². The largest absolute Gasteiger partial charge is 0.328 e. The van der Waals surface area contributed by atoms with Gasteiger partial charge in [-0.25, -0.2) is 17.8 Å². The molecule has 2 bridgehead atoms. The predicted octanol–water partition coefficient (Wildman–Crippen LogP) is 0.864. The zero-order chi connectivity index (χ0) is 13.6. The van der Waals surface area contributed by atoms with Crippen molar-refractivity contribution in [2.24, 2.45) is 5.73 Å². The SMILES string of the molecule is NC1CC2CCC(C1)N2S(=O)(=O)c1ncccc1F. The predicted molar refractivity (Wildman–Crippen MR) is 67.2 cm³/mol. The molecule has 0 aromatic carbocycles. The van der Waals surface area contributed by atoms with Crippen LogP contribution in [0, 0.1) is 5.82 Å². The Morgan fingerprint density at radius 2 is 1.95 bits per heavy atom. The maximum atomic E-state index is 13.7. The summed E-state index contributed by atoms with van der Waals surface area (Å²) < 4.78 is 40.2. The van der Waals surface area contributed by atoms with E-state index in [9.17, 15) is 12.8 Å². The molecule has 2 fully saturated rings. The van der Waals surface area contributed by atoms with Gasteiger partial charge >= 0.3 is 0 Å². The summed E-state index contributed by atoms with van der Waals surface area (Å²) in [5.74, 6) is -0.795. The quantitative estimate of drug-likeness (QED) is 0.874. The molecule has 0 radical (unpaired) electrons. The number of hydrogen-bond donors (Lipinski definition) is 1. The Morgan fingerprint density at radius 3 is 2.53 bits per heavy atom. The standard InChI is InChI=1S/C12H16FN3O2S/c13-11-2-1-5-15-12(11)19(17,18)16-9-3-4-10(16)7-8(14)6-9/h1-2,5,8-10H,3-4,6-7,14H2. The third-order valence-electron chi connectivity index (χ3n) is 3.95. The average molecular weight is 285 g/mol. The van der Waals surface area contributed by atoms with Crippen LogP contribution in [-0.2, 0) is 10.0 Å². The van der Waals surface area contributed by atoms with Gasteiger partial charge < -0.3 is 5.73 Å². The van der Waals surface area contributed by atoms with E-state index in [2.05, 4.69) is 4.98 Å². The van der Waals surface area contributed by atoms with Crippen LogP contribution in [-0.4, -0.2) is 35.8 Å². The van der Waals surface area contributed by atoms with Gasteiger partial charge in [-0.1, -0.05) is 0 Å². The van der Waals surface area contributed by atoms with Crippen molar-refractivity contribution < 1.29 is 12.8 Å². The van der Waals surface area contributed by atoms with Crippen molar-refractivity contribution >= 4 is 10.0 Å². The van der Waals surface area contributed by atoms with Gasteiger partial charge in [-0.3, -0.25) is 0 Å². The van der Waals surface area contributed by atoms with Crippen LogP contribution in [0.3, 0.4) is 0 Å². The van der Waals surface area contributed by atoms with Crippen molar-refractivity contribution in [1.29, 1.82) is 0 Å². The Balaban J connectivity index is 2.01. The highest BCUT2D eigenvalue weighted by molar-refractivity contribution is 7.89. The highest BCUT2D eigenvalue weighted by Crippen LogP contribution is 2.39. The molecule has 2 saturated heterocycles. The summed E-state index contributed by atoms with van der Waals surface area (Å²) in [7, 11) is -3.86. The molecule has 2 N–H and O–H groups in total. The highest BCUT2D eigenvalue weighted by atomic mass is 32.2. The van der Waals surface area contributed by atoms with E-state index in [1.807, 2.05) is 0 Å². The summed E-state index contributed by atoms with van der Waals surface area (Å²) in [5.41, 5.74) is 5.92. The number of pyridine rings is 1. The molecule has 2 aliphatic heterocycles. The fourth-order valence-corrected chi connectivity index (χ4v) is 5.11. The van der Waals surface area contributed by atoms with Gasteiger partial charge in [0.25, 0.3) is 10.0 Å². The minimum atomic E-state index is -3.86. The second-order valence-electron chi connectivity index (χ2n) is 5.24. The number of halogens is 1. The topological polar surface area (TPSA) is 76.3 Å². The van der Waals surface area contributed by atoms with Gasteiger partial charge in [0.2, 0.25) is 5.03 Å². The summed E-state index contributed by atoms with van der Waals surface area (Å²) in [6.07, 6.45) is 4.18. The lowest BCUT2D eigenvalue weighted by Gasteiger charge is -2.36. The van der Waals surface area contributed by atoms with E-state index >= 15 is 0 Å². The molecule has 0 spiro atoms. The van der Waals surface area contributed by atoms with Gasteiger partial charge in [-0.05, 0) is 37.8 Å². The first-order valence-corrected chi connectivity index (χ1v) is 7.84. The lowest BCUT2D eigenvalue weighted by atomic mass is 10.0. The van der Waals surface area contributed by atoms with Gasteiger partial charge in [0.1, 0.15) is 0 Å². The van der Waals surface area contributed by atoms with E-state index in [4.69, 9.17) is 5.73 Å². The molecule has 3 heterocycles. The number of nitrogens with zero attached hydrogens (tertiary/aromatic N) is 2. The number of fused-ring (bicyclic) bond motifs is 2. The van der Waals surface area contributed by atoms with Crippen LogP contribution < -0.4 is 5.73 Å². The Bertz CT molecular complexity index is 578. The van der Waals surface area contributed by atoms with Gasteiger partial charge in [0, 0.05) is 24.3 Å². The summed E-state index contributed by atoms with van der Waals surface area (Å²) in [5, 5.41) is -0.470. The minimum absolute atomic E-state index is 0.0394. The highest BCUT2D eigenvalue weighted by Gasteiger charge is 2.47. The molecule has 19 heavy (non-hydrogen) atoms. The van der Waals surface area contributed by atoms with Crippen LogP contribution in [0.5, 0.6) is 0 Å². The van der Waals surface area contributed by atoms with Crippen molar-refractivity contribution in [3.63, 3.8) is 0 Å². The molecule has 0 amide bonds. The number of rotatable bonds is 2. The van der Waals surface area contributed by atoms with Crippen molar-refractivity contribution in [1.82, 2.24) is 9.29 Å². The summed E-state index contributed by atoms with van der Waals surface area (Å²) in [6.45, 7) is 0. The average Bonchev–Trinajstić information content (AvgIpc) is 2.63. The summed E-state index contributed by atoms with van der Waals surface area (Å²) >= 11 is 0. The summed E-state index contributed by atoms with van der Waals surface area (Å²) in [6, 6.07) is 2.32. The van der Waals surface area contributed by atoms with Gasteiger partial charge in [-0.15, -0.1) is 0 Å². The molecular weight excluding hydrogens is 269 g/mol. The first-order valence-electron chi connectivity index (χ1n) is 6.40. The maximum absolute atomic E-state index is 13.7. The Labute approximate surface area is 111 Å². The van der Waals surface area contributed by atoms with Crippen LogP contribution in [0.4, 0.5) is 4.39 Å². The van der Waals surface area contributed by atoms with Crippen LogP contribution in [0.2, 0.25) is 0 Å². The van der Waals surface area contributed by atoms with Crippen LogP contribution in [0.25, 0.3) is 0 Å². The third kappa shape index (κ3) is 2.05. The fraction of sp³-hybridized carbons (Fsp3) is 0.583. The molecule has 2 unspecified atom stereocenters. The van der Waals surface area contributed by atoms with Gasteiger partial charge in [0.15, 0.2) is 5.82 Å². The van der Waals surface area contributed by atoms with E-state index in [1.54, 1.807) is 0 Å². The third-order valence-corrected chi connectivity index (χ3v) is 5.89. The normalized spacial score (nSPS) is 31.6. The molecule has 0 saturated carbocycles. The second-order valence-corrected chi connectivity index (χ2v) is 7.00. The molecule has 3 rings (SSSR count). The Kier molecular flexibility index (Phi) is 3.07. The smallest absolute Gasteiger partial charge is 0.264 e. The summed E-state index contributed by atoms with van der Waals surface area (Å²) in [4.78, 5) is 3.70. The van der Waals surface area contributed by atoms with Crippen molar-refractivity contribution in [2.75, 3.05) is 0 Å². The molecule has 104 valence electrons. The maximum Gasteiger partial charge on any atom is 0.264 e. The van der Waals surface area contributed by atoms with E-state index in [0.717, 1.165) is 18.9 Å². The number of nitrogens with two attached hydrogens (primary N) is 1. The Morgan fingerprint density at radius 1 is 1.32 bits per heavy atom. The number of aromatic nitrogens is 1. The zero-order valence-electron chi connectivity index (χ0n) is 10.4. The number of piperidine rings is 1. The van der Waals surface area contributed by atoms with E-state index in [-0.39, 0.29) is 18.1 Å². The molecule has 0 aliphatic carbocycles. The lowest BCUT2D eigenvalue weighted by molar-refractivity contribution is 0.226. The zero-order valence-corrected chi connectivity index (χ0v) is 11.2. The second kappa shape index (κ2) is 4.50. The van der Waals surface area contributed by atoms with Crippen LogP contribution >= 0.6 is 0 Å². The molecule has 1 aromatic rings. The first-order chi connectivity index (χ1) is 9.00. The van der Waals surface area contributed by atoms with E-state index < -0.39 is 20.9 Å². The lowest BCUT2D eigenvalue weighted by Crippen LogP contribution is -2.50. The van der Waals surface area contributed by atoms with Gasteiger partial charge in [0.05, 0.1) is 0 Å².